The number of carbonyl (C=O) groups excluding carboxylic acids is 2. The summed E-state index contributed by atoms with van der Waals surface area (Å²) in [5.41, 5.74) is 5.59. The molecule has 0 spiro atoms. The smallest absolute Gasteiger partial charge is 0.273 e. The van der Waals surface area contributed by atoms with E-state index in [1.54, 1.807) is 0 Å². The molecule has 1 heterocycles. The fourth-order valence-electron chi connectivity index (χ4n) is 1.59. The van der Waals surface area contributed by atoms with Crippen LogP contribution < -0.4 is 16.4 Å². The zero-order valence-electron chi connectivity index (χ0n) is 12.6. The Morgan fingerprint density at radius 2 is 2.10 bits per heavy atom. The Morgan fingerprint density at radius 3 is 2.76 bits per heavy atom. The van der Waals surface area contributed by atoms with Crippen molar-refractivity contribution >= 4 is 11.8 Å². The lowest BCUT2D eigenvalue weighted by Gasteiger charge is -2.04. The third-order valence-corrected chi connectivity index (χ3v) is 2.78. The average Bonchev–Trinajstić information content (AvgIpc) is 2.91. The summed E-state index contributed by atoms with van der Waals surface area (Å²) in [5.74, 6) is 0.489. The minimum Gasteiger partial charge on any atom is -0.359 e. The van der Waals surface area contributed by atoms with E-state index in [1.165, 1.54) is 6.07 Å². The lowest BCUT2D eigenvalue weighted by atomic mass is 10.2. The summed E-state index contributed by atoms with van der Waals surface area (Å²) in [5, 5.41) is 9.16. The highest BCUT2D eigenvalue weighted by Gasteiger charge is 2.13. The topological polar surface area (TPSA) is 110 Å². The van der Waals surface area contributed by atoms with Crippen LogP contribution in [-0.4, -0.2) is 30.1 Å². The molecule has 2 amide bonds. The normalized spacial score (nSPS) is 10.7. The number of unbranched alkanes of at least 4 members (excludes halogenated alkanes) is 1. The zero-order chi connectivity index (χ0) is 15.7. The quantitative estimate of drug-likeness (QED) is 0.584. The monoisotopic (exact) mass is 296 g/mol. The molecule has 0 fully saturated rings. The van der Waals surface area contributed by atoms with E-state index < -0.39 is 0 Å². The van der Waals surface area contributed by atoms with Crippen LogP contribution >= 0.6 is 0 Å². The van der Waals surface area contributed by atoms with Crippen LogP contribution in [0.4, 0.5) is 0 Å². The lowest BCUT2D eigenvalue weighted by Crippen LogP contribution is -2.27. The first kappa shape index (κ1) is 17.2. The molecule has 7 heteroatoms. The molecule has 4 N–H and O–H groups in total. The highest BCUT2D eigenvalue weighted by Crippen LogP contribution is 2.04. The number of hydrogen-bond acceptors (Lipinski definition) is 5. The van der Waals surface area contributed by atoms with E-state index >= 15 is 0 Å². The second-order valence-corrected chi connectivity index (χ2v) is 5.30. The number of rotatable bonds is 9. The summed E-state index contributed by atoms with van der Waals surface area (Å²) in [6, 6.07) is 1.54. The molecule has 0 aromatic carbocycles. The predicted octanol–water partition coefficient (Wildman–Crippen LogP) is 0.806. The van der Waals surface area contributed by atoms with Crippen molar-refractivity contribution in [3.63, 3.8) is 0 Å². The van der Waals surface area contributed by atoms with Gasteiger partial charge < -0.3 is 20.9 Å². The number of nitrogens with zero attached hydrogens (tertiary/aromatic N) is 1. The van der Waals surface area contributed by atoms with E-state index in [1.807, 2.05) is 13.8 Å². The minimum absolute atomic E-state index is 0.0642. The first-order valence-electron chi connectivity index (χ1n) is 7.23. The van der Waals surface area contributed by atoms with Crippen molar-refractivity contribution in [2.24, 2.45) is 11.7 Å². The van der Waals surface area contributed by atoms with Gasteiger partial charge in [-0.05, 0) is 25.3 Å². The number of hydrogen-bond donors (Lipinski definition) is 3. The fourth-order valence-corrected chi connectivity index (χ4v) is 1.59. The van der Waals surface area contributed by atoms with Crippen LogP contribution in [0.1, 0.15) is 49.4 Å². The van der Waals surface area contributed by atoms with Gasteiger partial charge in [0.25, 0.3) is 5.91 Å². The number of amides is 2. The highest BCUT2D eigenvalue weighted by atomic mass is 16.5. The van der Waals surface area contributed by atoms with Crippen molar-refractivity contribution < 1.29 is 14.1 Å². The first-order chi connectivity index (χ1) is 10.0. The highest BCUT2D eigenvalue weighted by molar-refractivity contribution is 5.92. The number of carbonyl (C=O) groups is 2. The Kier molecular flexibility index (Phi) is 7.45. The molecule has 0 unspecified atom stereocenters. The molecule has 0 aliphatic carbocycles. The largest absolute Gasteiger partial charge is 0.359 e. The van der Waals surface area contributed by atoms with E-state index in [9.17, 15) is 9.59 Å². The summed E-state index contributed by atoms with van der Waals surface area (Å²) in [7, 11) is 0. The molecule has 7 nitrogen and oxygen atoms in total. The summed E-state index contributed by atoms with van der Waals surface area (Å²) in [4.78, 5) is 23.3. The van der Waals surface area contributed by atoms with Crippen molar-refractivity contribution in [1.82, 2.24) is 15.8 Å². The molecule has 0 saturated heterocycles. The molecule has 0 atom stereocenters. The van der Waals surface area contributed by atoms with Crippen LogP contribution in [0.2, 0.25) is 0 Å². The maximum absolute atomic E-state index is 11.7. The van der Waals surface area contributed by atoms with Gasteiger partial charge in [-0.1, -0.05) is 19.0 Å². The molecule has 0 aliphatic heterocycles. The second-order valence-electron chi connectivity index (χ2n) is 5.30. The van der Waals surface area contributed by atoms with E-state index in [2.05, 4.69) is 15.8 Å². The van der Waals surface area contributed by atoms with E-state index in [4.69, 9.17) is 10.3 Å². The maximum atomic E-state index is 11.7. The average molecular weight is 296 g/mol. The molecular formula is C14H24N4O3. The molecule has 118 valence electrons. The van der Waals surface area contributed by atoms with E-state index in [0.717, 1.165) is 12.8 Å². The molecule has 1 rings (SSSR count). The zero-order valence-corrected chi connectivity index (χ0v) is 12.6. The molecular weight excluding hydrogens is 272 g/mol. The number of nitrogens with two attached hydrogens (primary N) is 1. The van der Waals surface area contributed by atoms with Gasteiger partial charge >= 0.3 is 0 Å². The van der Waals surface area contributed by atoms with Gasteiger partial charge in [-0.2, -0.15) is 0 Å². The summed E-state index contributed by atoms with van der Waals surface area (Å²) < 4.78 is 5.02. The molecule has 0 radical (unpaired) electrons. The standard InChI is InChI=1S/C14H24N4O3/c1-10(2)8-17-14(20)12-7-11(21-18-12)9-16-13(19)5-3-4-6-15/h7,10H,3-6,8-9,15H2,1-2H3,(H,16,19)(H,17,20). The lowest BCUT2D eigenvalue weighted by molar-refractivity contribution is -0.121. The van der Waals surface area contributed by atoms with Crippen LogP contribution in [0.15, 0.2) is 10.6 Å². The predicted molar refractivity (Wildman–Crippen MR) is 78.4 cm³/mol. The van der Waals surface area contributed by atoms with Gasteiger partial charge in [-0.3, -0.25) is 9.59 Å². The minimum atomic E-state index is -0.270. The maximum Gasteiger partial charge on any atom is 0.273 e. The third-order valence-electron chi connectivity index (χ3n) is 2.78. The molecule has 0 saturated carbocycles. The second kappa shape index (κ2) is 9.12. The van der Waals surface area contributed by atoms with Crippen molar-refractivity contribution in [3.8, 4) is 0 Å². The Bertz CT molecular complexity index is 457. The van der Waals surface area contributed by atoms with Crippen molar-refractivity contribution in [3.05, 3.63) is 17.5 Å². The van der Waals surface area contributed by atoms with Crippen molar-refractivity contribution in [1.29, 1.82) is 0 Å². The first-order valence-corrected chi connectivity index (χ1v) is 7.23. The van der Waals surface area contributed by atoms with E-state index in [-0.39, 0.29) is 24.1 Å². The van der Waals surface area contributed by atoms with Gasteiger partial charge in [-0.15, -0.1) is 0 Å². The van der Waals surface area contributed by atoms with Crippen LogP contribution in [0.3, 0.4) is 0 Å². The van der Waals surface area contributed by atoms with Crippen molar-refractivity contribution in [2.45, 2.75) is 39.7 Å². The Labute approximate surface area is 124 Å². The van der Waals surface area contributed by atoms with Crippen LogP contribution in [0.25, 0.3) is 0 Å². The molecule has 1 aromatic rings. The van der Waals surface area contributed by atoms with E-state index in [0.29, 0.717) is 31.2 Å². The number of nitrogens with one attached hydrogen (secondary N) is 2. The van der Waals surface area contributed by atoms with Gasteiger partial charge in [0.2, 0.25) is 5.91 Å². The molecule has 0 bridgehead atoms. The van der Waals surface area contributed by atoms with Crippen LogP contribution in [-0.2, 0) is 11.3 Å². The van der Waals surface area contributed by atoms with Gasteiger partial charge in [0.15, 0.2) is 11.5 Å². The summed E-state index contributed by atoms with van der Waals surface area (Å²) in [6.45, 7) is 5.42. The number of aromatic nitrogens is 1. The summed E-state index contributed by atoms with van der Waals surface area (Å²) in [6.07, 6.45) is 2.03. The van der Waals surface area contributed by atoms with Crippen molar-refractivity contribution in [2.75, 3.05) is 13.1 Å². The summed E-state index contributed by atoms with van der Waals surface area (Å²) >= 11 is 0. The van der Waals surface area contributed by atoms with Gasteiger partial charge in [0.1, 0.15) is 0 Å². The molecule has 21 heavy (non-hydrogen) atoms. The van der Waals surface area contributed by atoms with Gasteiger partial charge in [0, 0.05) is 19.0 Å². The Hall–Kier alpha value is -1.89. The Morgan fingerprint density at radius 1 is 1.33 bits per heavy atom. The fraction of sp³-hybridized carbons (Fsp3) is 0.643. The van der Waals surface area contributed by atoms with Gasteiger partial charge in [-0.25, -0.2) is 0 Å². The van der Waals surface area contributed by atoms with Gasteiger partial charge in [0.05, 0.1) is 6.54 Å². The molecule has 0 aliphatic rings. The SMILES string of the molecule is CC(C)CNC(=O)c1cc(CNC(=O)CCCCN)on1. The van der Waals surface area contributed by atoms with Crippen LogP contribution in [0.5, 0.6) is 0 Å². The Balaban J connectivity index is 2.34. The van der Waals surface area contributed by atoms with Crippen LogP contribution in [0, 0.1) is 5.92 Å². The third kappa shape index (κ3) is 6.89. The molecule has 1 aromatic heterocycles.